The molecule has 3 aromatic rings. The molecule has 5 rings (SSSR count). The first-order valence-corrected chi connectivity index (χ1v) is 12.3. The van der Waals surface area contributed by atoms with Crippen molar-refractivity contribution in [3.8, 4) is 0 Å². The molecule has 0 bridgehead atoms. The highest BCUT2D eigenvalue weighted by Crippen LogP contribution is 2.21. The lowest BCUT2D eigenvalue weighted by Gasteiger charge is -2.33. The Balaban J connectivity index is 1.17. The van der Waals surface area contributed by atoms with E-state index in [9.17, 15) is 9.59 Å². The Kier molecular flexibility index (Phi) is 6.97. The molecule has 2 aromatic carbocycles. The van der Waals surface area contributed by atoms with E-state index in [1.54, 1.807) is 15.6 Å². The maximum absolute atomic E-state index is 13.1. The summed E-state index contributed by atoms with van der Waals surface area (Å²) in [6.45, 7) is 5.28. The fourth-order valence-corrected chi connectivity index (χ4v) is 4.72. The van der Waals surface area contributed by atoms with Crippen LogP contribution in [0.3, 0.4) is 0 Å². The first-order valence-electron chi connectivity index (χ1n) is 11.9. The molecule has 2 aliphatic rings. The van der Waals surface area contributed by atoms with E-state index >= 15 is 0 Å². The number of amides is 2. The number of nitrogens with zero attached hydrogens (tertiary/aromatic N) is 5. The molecule has 1 fully saturated rings. The third-order valence-corrected chi connectivity index (χ3v) is 6.91. The van der Waals surface area contributed by atoms with Crippen molar-refractivity contribution in [2.24, 2.45) is 0 Å². The Hall–Kier alpha value is -3.42. The standard InChI is InChI=1S/C27H28ClN5O2/c28-23-11-5-4-10-22(23)20-32-17-18-33-25(27(32)35)19-24(29-33)26(34)31-15-13-30(14-16-31)12-6-9-21-7-2-1-3-8-21/h1-11,19H,12-18,20H2/b9-6+. The van der Waals surface area contributed by atoms with Crippen LogP contribution in [0, 0.1) is 0 Å². The average molecular weight is 490 g/mol. The Morgan fingerprint density at radius 1 is 0.943 bits per heavy atom. The quantitative estimate of drug-likeness (QED) is 0.530. The van der Waals surface area contributed by atoms with Crippen molar-refractivity contribution >= 4 is 29.5 Å². The molecule has 2 amide bonds. The predicted octanol–water partition coefficient (Wildman–Crippen LogP) is 3.66. The molecule has 0 saturated carbocycles. The van der Waals surface area contributed by atoms with Crippen LogP contribution >= 0.6 is 11.6 Å². The fraction of sp³-hybridized carbons (Fsp3) is 0.296. The second kappa shape index (κ2) is 10.5. The van der Waals surface area contributed by atoms with Gasteiger partial charge in [-0.05, 0) is 17.2 Å². The van der Waals surface area contributed by atoms with Gasteiger partial charge in [-0.1, -0.05) is 72.3 Å². The highest BCUT2D eigenvalue weighted by molar-refractivity contribution is 6.31. The number of carbonyl (C=O) groups excluding carboxylic acids is 2. The molecule has 0 unspecified atom stereocenters. The number of benzene rings is 2. The SMILES string of the molecule is O=C(c1cc2n(n1)CCN(Cc1ccccc1Cl)C2=O)N1CCN(C/C=C/c2ccccc2)CC1. The maximum atomic E-state index is 13.1. The van der Waals surface area contributed by atoms with Crippen molar-refractivity contribution in [3.05, 3.63) is 94.3 Å². The van der Waals surface area contributed by atoms with Crippen LogP contribution in [-0.2, 0) is 13.1 Å². The van der Waals surface area contributed by atoms with E-state index in [1.807, 2.05) is 47.4 Å². The van der Waals surface area contributed by atoms with Gasteiger partial charge >= 0.3 is 0 Å². The number of rotatable bonds is 6. The minimum atomic E-state index is -0.127. The van der Waals surface area contributed by atoms with Crippen molar-refractivity contribution in [2.75, 3.05) is 39.3 Å². The first kappa shape index (κ1) is 23.3. The fourth-order valence-electron chi connectivity index (χ4n) is 4.52. The number of piperazine rings is 1. The van der Waals surface area contributed by atoms with Crippen molar-refractivity contribution in [2.45, 2.75) is 13.1 Å². The molecule has 0 aliphatic carbocycles. The maximum Gasteiger partial charge on any atom is 0.274 e. The summed E-state index contributed by atoms with van der Waals surface area (Å²) in [7, 11) is 0. The minimum Gasteiger partial charge on any atom is -0.335 e. The Morgan fingerprint density at radius 2 is 1.69 bits per heavy atom. The average Bonchev–Trinajstić information content (AvgIpc) is 3.33. The zero-order chi connectivity index (χ0) is 24.2. The summed E-state index contributed by atoms with van der Waals surface area (Å²) in [6.07, 6.45) is 4.29. The van der Waals surface area contributed by atoms with Crippen molar-refractivity contribution in [3.63, 3.8) is 0 Å². The molecule has 7 nitrogen and oxygen atoms in total. The molecular formula is C27H28ClN5O2. The van der Waals surface area contributed by atoms with E-state index in [4.69, 9.17) is 11.6 Å². The number of hydrogen-bond donors (Lipinski definition) is 0. The lowest BCUT2D eigenvalue weighted by atomic mass is 10.2. The molecule has 0 radical (unpaired) electrons. The van der Waals surface area contributed by atoms with Gasteiger partial charge in [-0.25, -0.2) is 0 Å². The zero-order valence-corrected chi connectivity index (χ0v) is 20.3. The van der Waals surface area contributed by atoms with Gasteiger partial charge in [0.2, 0.25) is 0 Å². The van der Waals surface area contributed by atoms with Crippen LogP contribution in [0.1, 0.15) is 32.1 Å². The van der Waals surface area contributed by atoms with Gasteiger partial charge in [0.1, 0.15) is 5.69 Å². The Morgan fingerprint density at radius 3 is 2.46 bits per heavy atom. The zero-order valence-electron chi connectivity index (χ0n) is 19.5. The lowest BCUT2D eigenvalue weighted by Crippen LogP contribution is -2.48. The molecule has 0 spiro atoms. The molecule has 1 saturated heterocycles. The summed E-state index contributed by atoms with van der Waals surface area (Å²) in [4.78, 5) is 32.1. The largest absolute Gasteiger partial charge is 0.335 e. The molecule has 8 heteroatoms. The van der Waals surface area contributed by atoms with E-state index in [2.05, 4.69) is 34.3 Å². The van der Waals surface area contributed by atoms with E-state index in [0.717, 1.165) is 25.2 Å². The smallest absolute Gasteiger partial charge is 0.274 e. The van der Waals surface area contributed by atoms with Crippen LogP contribution in [0.25, 0.3) is 6.08 Å². The van der Waals surface area contributed by atoms with Crippen molar-refractivity contribution in [1.82, 2.24) is 24.5 Å². The van der Waals surface area contributed by atoms with Gasteiger partial charge in [0.05, 0.1) is 6.54 Å². The Labute approximate surface area is 210 Å². The van der Waals surface area contributed by atoms with Crippen molar-refractivity contribution < 1.29 is 9.59 Å². The second-order valence-corrected chi connectivity index (χ2v) is 9.27. The molecule has 180 valence electrons. The molecule has 1 aromatic heterocycles. The molecule has 35 heavy (non-hydrogen) atoms. The Bertz CT molecular complexity index is 1230. The van der Waals surface area contributed by atoms with Gasteiger partial charge in [-0.2, -0.15) is 5.10 Å². The number of aromatic nitrogens is 2. The molecule has 3 heterocycles. The third kappa shape index (κ3) is 5.31. The van der Waals surface area contributed by atoms with Gasteiger partial charge < -0.3 is 9.80 Å². The summed E-state index contributed by atoms with van der Waals surface area (Å²) in [5.41, 5.74) is 2.88. The summed E-state index contributed by atoms with van der Waals surface area (Å²) >= 11 is 6.28. The highest BCUT2D eigenvalue weighted by atomic mass is 35.5. The third-order valence-electron chi connectivity index (χ3n) is 6.54. The molecule has 2 aliphatic heterocycles. The normalized spacial score (nSPS) is 16.7. The van der Waals surface area contributed by atoms with Gasteiger partial charge in [0.25, 0.3) is 11.8 Å². The highest BCUT2D eigenvalue weighted by Gasteiger charge is 2.30. The topological polar surface area (TPSA) is 61.7 Å². The first-order chi connectivity index (χ1) is 17.1. The van der Waals surface area contributed by atoms with Crippen LogP contribution in [0.2, 0.25) is 5.02 Å². The van der Waals surface area contributed by atoms with Crippen LogP contribution in [0.15, 0.2) is 66.7 Å². The van der Waals surface area contributed by atoms with Gasteiger partial charge in [-0.3, -0.25) is 19.2 Å². The van der Waals surface area contributed by atoms with Gasteiger partial charge in [0.15, 0.2) is 5.69 Å². The molecular weight excluding hydrogens is 462 g/mol. The van der Waals surface area contributed by atoms with Crippen LogP contribution in [-0.4, -0.2) is 75.6 Å². The lowest BCUT2D eigenvalue weighted by molar-refractivity contribution is 0.0639. The van der Waals surface area contributed by atoms with Gasteiger partial charge in [0, 0.05) is 56.9 Å². The van der Waals surface area contributed by atoms with Crippen molar-refractivity contribution in [1.29, 1.82) is 0 Å². The monoisotopic (exact) mass is 489 g/mol. The number of halogens is 1. The van der Waals surface area contributed by atoms with E-state index in [0.29, 0.717) is 49.1 Å². The summed E-state index contributed by atoms with van der Waals surface area (Å²) in [5.74, 6) is -0.241. The van der Waals surface area contributed by atoms with Crippen LogP contribution in [0.5, 0.6) is 0 Å². The minimum absolute atomic E-state index is 0.114. The number of hydrogen-bond acceptors (Lipinski definition) is 4. The van der Waals surface area contributed by atoms with E-state index < -0.39 is 0 Å². The van der Waals surface area contributed by atoms with Crippen LogP contribution < -0.4 is 0 Å². The molecule has 0 N–H and O–H groups in total. The predicted molar refractivity (Wildman–Crippen MR) is 136 cm³/mol. The summed E-state index contributed by atoms with van der Waals surface area (Å²) < 4.78 is 1.66. The number of carbonyl (C=O) groups is 2. The summed E-state index contributed by atoms with van der Waals surface area (Å²) in [5, 5.41) is 5.11. The number of fused-ring (bicyclic) bond motifs is 1. The second-order valence-electron chi connectivity index (χ2n) is 8.86. The molecule has 0 atom stereocenters. The summed E-state index contributed by atoms with van der Waals surface area (Å²) in [6, 6.07) is 19.4. The van der Waals surface area contributed by atoms with Crippen LogP contribution in [0.4, 0.5) is 0 Å². The van der Waals surface area contributed by atoms with Gasteiger partial charge in [-0.15, -0.1) is 0 Å². The van der Waals surface area contributed by atoms with E-state index in [1.165, 1.54) is 5.56 Å². The van der Waals surface area contributed by atoms with E-state index in [-0.39, 0.29) is 11.8 Å².